The van der Waals surface area contributed by atoms with E-state index in [2.05, 4.69) is 30.3 Å². The van der Waals surface area contributed by atoms with Gasteiger partial charge in [-0.05, 0) is 37.0 Å². The Labute approximate surface area is 114 Å². The zero-order valence-electron chi connectivity index (χ0n) is 12.1. The Morgan fingerprint density at radius 3 is 2.63 bits per heavy atom. The summed E-state index contributed by atoms with van der Waals surface area (Å²) in [6, 6.07) is 6.03. The van der Waals surface area contributed by atoms with E-state index in [1.54, 1.807) is 0 Å². The van der Waals surface area contributed by atoms with Gasteiger partial charge < -0.3 is 15.4 Å². The molecule has 2 aromatic rings. The monoisotopic (exact) mass is 261 g/mol. The number of aliphatic hydroxyl groups excluding tert-OH is 1. The topological polar surface area (TPSA) is 64.1 Å². The molecule has 0 bridgehead atoms. The molecule has 4 heteroatoms. The highest BCUT2D eigenvalue weighted by Crippen LogP contribution is 2.36. The minimum absolute atomic E-state index is 0.0580. The van der Waals surface area contributed by atoms with Crippen LogP contribution in [0, 0.1) is 12.3 Å². The highest BCUT2D eigenvalue weighted by atomic mass is 16.3. The molecule has 1 heterocycles. The lowest BCUT2D eigenvalue weighted by molar-refractivity contribution is 0.179. The molecule has 1 aromatic carbocycles. The first-order valence-corrected chi connectivity index (χ1v) is 6.69. The van der Waals surface area contributed by atoms with Gasteiger partial charge in [-0.15, -0.1) is 0 Å². The minimum Gasteiger partial charge on any atom is -0.399 e. The predicted octanol–water partition coefficient (Wildman–Crippen LogP) is 2.90. The van der Waals surface area contributed by atoms with Gasteiger partial charge in [0.1, 0.15) is 5.82 Å². The number of aliphatic hydroxyl groups is 1. The van der Waals surface area contributed by atoms with E-state index in [0.717, 1.165) is 29.0 Å². The van der Waals surface area contributed by atoms with E-state index >= 15 is 0 Å². The number of aromatic nitrogens is 2. The van der Waals surface area contributed by atoms with Gasteiger partial charge in [-0.1, -0.05) is 20.8 Å². The normalized spacial score (nSPS) is 13.9. The lowest BCUT2D eigenvalue weighted by Crippen LogP contribution is -2.26. The summed E-state index contributed by atoms with van der Waals surface area (Å²) in [7, 11) is 0. The van der Waals surface area contributed by atoms with E-state index in [4.69, 9.17) is 5.73 Å². The second-order valence-electron chi connectivity index (χ2n) is 6.17. The standard InChI is InChI=1S/C15H23N3O/c1-10-17-12-9-11(16)5-6-13(12)18(10)14(7-8-19)15(2,3)4/h5-6,9,14,19H,7-8,16H2,1-4H3. The number of nitrogens with two attached hydrogens (primary N) is 1. The molecule has 0 saturated carbocycles. The molecule has 0 radical (unpaired) electrons. The number of rotatable bonds is 3. The third-order valence-corrected chi connectivity index (χ3v) is 3.60. The van der Waals surface area contributed by atoms with Crippen LogP contribution in [0.15, 0.2) is 18.2 Å². The smallest absolute Gasteiger partial charge is 0.107 e. The van der Waals surface area contributed by atoms with Crippen molar-refractivity contribution >= 4 is 16.7 Å². The Morgan fingerprint density at radius 1 is 1.37 bits per heavy atom. The van der Waals surface area contributed by atoms with Crippen LogP contribution in [0.2, 0.25) is 0 Å². The largest absolute Gasteiger partial charge is 0.399 e. The average molecular weight is 261 g/mol. The molecule has 0 saturated heterocycles. The van der Waals surface area contributed by atoms with Crippen molar-refractivity contribution in [2.24, 2.45) is 5.41 Å². The van der Waals surface area contributed by atoms with Gasteiger partial charge in [0.2, 0.25) is 0 Å². The average Bonchev–Trinajstić information content (AvgIpc) is 2.59. The van der Waals surface area contributed by atoms with Crippen LogP contribution in [0.5, 0.6) is 0 Å². The number of benzene rings is 1. The van der Waals surface area contributed by atoms with Crippen LogP contribution in [0.1, 0.15) is 39.1 Å². The lowest BCUT2D eigenvalue weighted by atomic mass is 9.84. The van der Waals surface area contributed by atoms with Crippen molar-refractivity contribution in [3.05, 3.63) is 24.0 Å². The minimum atomic E-state index is 0.0580. The van der Waals surface area contributed by atoms with E-state index in [-0.39, 0.29) is 18.1 Å². The van der Waals surface area contributed by atoms with Crippen molar-refractivity contribution in [3.8, 4) is 0 Å². The van der Waals surface area contributed by atoms with E-state index in [1.807, 2.05) is 25.1 Å². The van der Waals surface area contributed by atoms with Crippen LogP contribution in [-0.4, -0.2) is 21.3 Å². The highest BCUT2D eigenvalue weighted by molar-refractivity contribution is 5.79. The van der Waals surface area contributed by atoms with Crippen molar-refractivity contribution < 1.29 is 5.11 Å². The SMILES string of the molecule is Cc1nc2cc(N)ccc2n1C(CCO)C(C)(C)C. The molecule has 1 aromatic heterocycles. The van der Waals surface area contributed by atoms with Crippen molar-refractivity contribution in [2.45, 2.75) is 40.2 Å². The number of imidazole rings is 1. The number of anilines is 1. The Kier molecular flexibility index (Phi) is 3.54. The molecular formula is C15H23N3O. The van der Waals surface area contributed by atoms with Crippen molar-refractivity contribution in [1.82, 2.24) is 9.55 Å². The lowest BCUT2D eigenvalue weighted by Gasteiger charge is -2.33. The Morgan fingerprint density at radius 2 is 2.05 bits per heavy atom. The molecule has 4 nitrogen and oxygen atoms in total. The van der Waals surface area contributed by atoms with Gasteiger partial charge in [0.25, 0.3) is 0 Å². The molecule has 0 aliphatic rings. The van der Waals surface area contributed by atoms with Gasteiger partial charge in [0.15, 0.2) is 0 Å². The molecule has 3 N–H and O–H groups in total. The van der Waals surface area contributed by atoms with Crippen LogP contribution >= 0.6 is 0 Å². The van der Waals surface area contributed by atoms with E-state index in [9.17, 15) is 5.11 Å². The van der Waals surface area contributed by atoms with Gasteiger partial charge in [-0.3, -0.25) is 0 Å². The van der Waals surface area contributed by atoms with Crippen molar-refractivity contribution in [2.75, 3.05) is 12.3 Å². The molecule has 19 heavy (non-hydrogen) atoms. The Balaban J connectivity index is 2.62. The van der Waals surface area contributed by atoms with E-state index < -0.39 is 0 Å². The van der Waals surface area contributed by atoms with Gasteiger partial charge >= 0.3 is 0 Å². The summed E-state index contributed by atoms with van der Waals surface area (Å²) in [6.07, 6.45) is 0.722. The van der Waals surface area contributed by atoms with Gasteiger partial charge in [-0.25, -0.2) is 4.98 Å². The number of hydrogen-bond donors (Lipinski definition) is 2. The molecule has 0 aliphatic heterocycles. The molecule has 2 rings (SSSR count). The Hall–Kier alpha value is -1.55. The molecule has 1 unspecified atom stereocenters. The summed E-state index contributed by atoms with van der Waals surface area (Å²) in [5.41, 5.74) is 8.61. The maximum Gasteiger partial charge on any atom is 0.107 e. The first-order valence-electron chi connectivity index (χ1n) is 6.69. The summed E-state index contributed by atoms with van der Waals surface area (Å²) >= 11 is 0. The van der Waals surface area contributed by atoms with Crippen LogP contribution in [0.4, 0.5) is 5.69 Å². The molecule has 0 fully saturated rings. The van der Waals surface area contributed by atoms with Crippen molar-refractivity contribution in [1.29, 1.82) is 0 Å². The maximum absolute atomic E-state index is 9.35. The predicted molar refractivity (Wildman–Crippen MR) is 79.1 cm³/mol. The number of aryl methyl sites for hydroxylation is 1. The fraction of sp³-hybridized carbons (Fsp3) is 0.533. The van der Waals surface area contributed by atoms with Gasteiger partial charge in [-0.2, -0.15) is 0 Å². The Bertz CT molecular complexity index is 581. The summed E-state index contributed by atoms with van der Waals surface area (Å²) in [5, 5.41) is 9.35. The van der Waals surface area contributed by atoms with Crippen LogP contribution in [0.3, 0.4) is 0 Å². The number of nitrogen functional groups attached to an aromatic ring is 1. The quantitative estimate of drug-likeness (QED) is 0.835. The van der Waals surface area contributed by atoms with Crippen LogP contribution in [0.25, 0.3) is 11.0 Å². The van der Waals surface area contributed by atoms with E-state index in [0.29, 0.717) is 0 Å². The van der Waals surface area contributed by atoms with Crippen molar-refractivity contribution in [3.63, 3.8) is 0 Å². The maximum atomic E-state index is 9.35. The molecule has 0 spiro atoms. The number of nitrogens with zero attached hydrogens (tertiary/aromatic N) is 2. The van der Waals surface area contributed by atoms with Gasteiger partial charge in [0, 0.05) is 18.3 Å². The molecule has 0 aliphatic carbocycles. The van der Waals surface area contributed by atoms with E-state index in [1.165, 1.54) is 0 Å². The first-order chi connectivity index (χ1) is 8.84. The van der Waals surface area contributed by atoms with Crippen LogP contribution < -0.4 is 5.73 Å². The second-order valence-corrected chi connectivity index (χ2v) is 6.17. The second kappa shape index (κ2) is 4.85. The summed E-state index contributed by atoms with van der Waals surface area (Å²) in [4.78, 5) is 4.59. The number of fused-ring (bicyclic) bond motifs is 1. The molecule has 104 valence electrons. The fourth-order valence-corrected chi connectivity index (χ4v) is 2.70. The third-order valence-electron chi connectivity index (χ3n) is 3.60. The zero-order chi connectivity index (χ0) is 14.2. The number of hydrogen-bond acceptors (Lipinski definition) is 3. The summed E-state index contributed by atoms with van der Waals surface area (Å²) < 4.78 is 2.23. The molecule has 0 amide bonds. The molecule has 1 atom stereocenters. The summed E-state index contributed by atoms with van der Waals surface area (Å²) in [5.74, 6) is 0.967. The first kappa shape index (κ1) is 13.9. The summed E-state index contributed by atoms with van der Waals surface area (Å²) in [6.45, 7) is 8.75. The zero-order valence-corrected chi connectivity index (χ0v) is 12.1. The third kappa shape index (κ3) is 2.59. The highest BCUT2D eigenvalue weighted by Gasteiger charge is 2.28. The fourth-order valence-electron chi connectivity index (χ4n) is 2.70. The van der Waals surface area contributed by atoms with Crippen LogP contribution in [-0.2, 0) is 0 Å². The van der Waals surface area contributed by atoms with Gasteiger partial charge in [0.05, 0.1) is 11.0 Å². The molecular weight excluding hydrogens is 238 g/mol.